The quantitative estimate of drug-likeness (QED) is 0.203. The molecular weight excluding hydrogens is 590 g/mol. The van der Waals surface area contributed by atoms with Crippen molar-refractivity contribution in [2.75, 3.05) is 19.6 Å². The van der Waals surface area contributed by atoms with Crippen LogP contribution in [0.25, 0.3) is 0 Å². The van der Waals surface area contributed by atoms with E-state index in [1.54, 1.807) is 0 Å². The molecule has 0 spiro atoms. The van der Waals surface area contributed by atoms with Gasteiger partial charge in [0, 0.05) is 31.2 Å². The molecule has 3 nitrogen and oxygen atoms in total. The second kappa shape index (κ2) is 13.2. The second-order valence-corrected chi connectivity index (χ2v) is 10.4. The first-order chi connectivity index (χ1) is 20.0. The predicted octanol–water partition coefficient (Wildman–Crippen LogP) is 8.30. The Balaban J connectivity index is 0.00000423. The van der Waals surface area contributed by atoms with Gasteiger partial charge >= 0.3 is 12.4 Å². The van der Waals surface area contributed by atoms with Gasteiger partial charge in [0.15, 0.2) is 0 Å². The first-order valence-corrected chi connectivity index (χ1v) is 13.5. The number of halogens is 7. The van der Waals surface area contributed by atoms with Crippen molar-refractivity contribution in [1.82, 2.24) is 9.80 Å². The van der Waals surface area contributed by atoms with Crippen molar-refractivity contribution in [1.29, 1.82) is 0 Å². The van der Waals surface area contributed by atoms with Crippen LogP contribution in [0.15, 0.2) is 109 Å². The molecule has 1 aliphatic rings. The fourth-order valence-electron chi connectivity index (χ4n) is 5.57. The first-order valence-electron chi connectivity index (χ1n) is 13.5. The molecule has 1 heterocycles. The van der Waals surface area contributed by atoms with Crippen molar-refractivity contribution < 1.29 is 31.1 Å². The van der Waals surface area contributed by atoms with Crippen LogP contribution in [0.3, 0.4) is 0 Å². The highest BCUT2D eigenvalue weighted by Crippen LogP contribution is 2.37. The highest BCUT2D eigenvalue weighted by atomic mass is 35.5. The van der Waals surface area contributed by atoms with Gasteiger partial charge in [-0.2, -0.15) is 26.3 Å². The van der Waals surface area contributed by atoms with Crippen molar-refractivity contribution >= 4 is 18.3 Å². The molecule has 5 rings (SSSR count). The minimum atomic E-state index is -5.04. The molecule has 4 aromatic rings. The van der Waals surface area contributed by atoms with Crippen LogP contribution in [-0.2, 0) is 18.8 Å². The molecule has 0 aliphatic carbocycles. The smallest absolute Gasteiger partial charge is 0.333 e. The van der Waals surface area contributed by atoms with Gasteiger partial charge in [0.25, 0.3) is 5.91 Å². The Bertz CT molecular complexity index is 1430. The lowest BCUT2D eigenvalue weighted by Gasteiger charge is -2.45. The van der Waals surface area contributed by atoms with E-state index in [1.165, 1.54) is 4.90 Å². The summed E-state index contributed by atoms with van der Waals surface area (Å²) in [6.45, 7) is 0.862. The molecular formula is C33H29ClF6N2O. The minimum Gasteiger partial charge on any atom is -0.333 e. The van der Waals surface area contributed by atoms with E-state index in [-0.39, 0.29) is 31.1 Å². The molecule has 1 amide bonds. The van der Waals surface area contributed by atoms with Crippen LogP contribution in [0.2, 0.25) is 0 Å². The normalized spacial score (nSPS) is 16.2. The SMILES string of the molecule is Cl.O=C(c1cc(C(F)(F)F)cc(C(F)(F)F)c1)N1CCN(C(c2ccccc2)c2ccccc2)C[C@H]1Cc1ccccc1. The molecule has 1 fully saturated rings. The summed E-state index contributed by atoms with van der Waals surface area (Å²) in [7, 11) is 0. The van der Waals surface area contributed by atoms with E-state index in [1.807, 2.05) is 91.0 Å². The molecule has 10 heteroatoms. The number of carbonyl (C=O) groups is 1. The molecule has 0 bridgehead atoms. The number of nitrogens with zero attached hydrogens (tertiary/aromatic N) is 2. The number of benzene rings is 4. The molecule has 1 saturated heterocycles. The summed E-state index contributed by atoms with van der Waals surface area (Å²) in [6, 6.07) is 29.4. The molecule has 0 aromatic heterocycles. The van der Waals surface area contributed by atoms with E-state index < -0.39 is 41.0 Å². The van der Waals surface area contributed by atoms with Crippen LogP contribution in [0.5, 0.6) is 0 Å². The van der Waals surface area contributed by atoms with E-state index in [0.717, 1.165) is 16.7 Å². The van der Waals surface area contributed by atoms with Gasteiger partial charge in [0.2, 0.25) is 0 Å². The largest absolute Gasteiger partial charge is 0.416 e. The highest BCUT2D eigenvalue weighted by Gasteiger charge is 2.40. The molecule has 0 N–H and O–H groups in total. The van der Waals surface area contributed by atoms with Gasteiger partial charge in [0.05, 0.1) is 17.2 Å². The Morgan fingerprint density at radius 1 is 0.698 bits per heavy atom. The number of hydrogen-bond acceptors (Lipinski definition) is 2. The maximum Gasteiger partial charge on any atom is 0.416 e. The van der Waals surface area contributed by atoms with Crippen LogP contribution < -0.4 is 0 Å². The summed E-state index contributed by atoms with van der Waals surface area (Å²) >= 11 is 0. The van der Waals surface area contributed by atoms with Gasteiger partial charge in [-0.3, -0.25) is 9.69 Å². The van der Waals surface area contributed by atoms with Crippen LogP contribution in [0.4, 0.5) is 26.3 Å². The molecule has 0 unspecified atom stereocenters. The van der Waals surface area contributed by atoms with E-state index in [4.69, 9.17) is 0 Å². The van der Waals surface area contributed by atoms with Gasteiger partial charge < -0.3 is 4.90 Å². The number of amides is 1. The van der Waals surface area contributed by atoms with E-state index in [0.29, 0.717) is 31.6 Å². The third-order valence-electron chi connectivity index (χ3n) is 7.52. The maximum absolute atomic E-state index is 13.7. The summed E-state index contributed by atoms with van der Waals surface area (Å²) in [5, 5.41) is 0. The Labute approximate surface area is 252 Å². The third kappa shape index (κ3) is 7.58. The van der Waals surface area contributed by atoms with E-state index in [9.17, 15) is 31.1 Å². The highest BCUT2D eigenvalue weighted by molar-refractivity contribution is 5.95. The van der Waals surface area contributed by atoms with Crippen molar-refractivity contribution in [2.24, 2.45) is 0 Å². The number of piperazine rings is 1. The molecule has 1 aliphatic heterocycles. The van der Waals surface area contributed by atoms with Gasteiger partial charge in [-0.25, -0.2) is 0 Å². The molecule has 0 radical (unpaired) electrons. The number of rotatable bonds is 6. The van der Waals surface area contributed by atoms with Crippen molar-refractivity contribution in [2.45, 2.75) is 30.9 Å². The maximum atomic E-state index is 13.7. The molecule has 43 heavy (non-hydrogen) atoms. The number of carbonyl (C=O) groups excluding carboxylic acids is 1. The van der Waals surface area contributed by atoms with Crippen LogP contribution in [0.1, 0.15) is 44.2 Å². The zero-order valence-corrected chi connectivity index (χ0v) is 23.7. The zero-order valence-electron chi connectivity index (χ0n) is 22.9. The average molecular weight is 619 g/mol. The number of hydrogen-bond donors (Lipinski definition) is 0. The van der Waals surface area contributed by atoms with Crippen LogP contribution in [-0.4, -0.2) is 41.4 Å². The van der Waals surface area contributed by atoms with Crippen LogP contribution >= 0.6 is 12.4 Å². The molecule has 226 valence electrons. The Kier molecular flexibility index (Phi) is 9.87. The number of alkyl halides is 6. The summed E-state index contributed by atoms with van der Waals surface area (Å²) in [6.07, 6.45) is -9.71. The zero-order chi connectivity index (χ0) is 29.9. The predicted molar refractivity (Wildman–Crippen MR) is 155 cm³/mol. The average Bonchev–Trinajstić information content (AvgIpc) is 2.98. The lowest BCUT2D eigenvalue weighted by atomic mass is 9.93. The first kappa shape index (κ1) is 32.1. The topological polar surface area (TPSA) is 23.6 Å². The molecule has 0 saturated carbocycles. The third-order valence-corrected chi connectivity index (χ3v) is 7.52. The van der Waals surface area contributed by atoms with Gasteiger partial charge in [-0.05, 0) is 41.3 Å². The summed E-state index contributed by atoms with van der Waals surface area (Å²) in [5.74, 6) is -0.858. The molecule has 4 aromatic carbocycles. The minimum absolute atomic E-state index is 0. The standard InChI is InChI=1S/C33H28F6N2O.ClH/c34-32(35,36)27-19-26(20-28(21-27)33(37,38)39)31(42)41-17-16-40(22-29(41)18-23-10-4-1-5-11-23)30(24-12-6-2-7-13-24)25-14-8-3-9-15-25;/h1-15,19-21,29-30H,16-18,22H2;1H/t29-;/m1./s1. The fraction of sp³-hybridized carbons (Fsp3) is 0.242. The van der Waals surface area contributed by atoms with Crippen molar-refractivity contribution in [3.8, 4) is 0 Å². The van der Waals surface area contributed by atoms with Crippen molar-refractivity contribution in [3.63, 3.8) is 0 Å². The fourth-order valence-corrected chi connectivity index (χ4v) is 5.57. The van der Waals surface area contributed by atoms with Gasteiger partial charge in [-0.15, -0.1) is 12.4 Å². The Morgan fingerprint density at radius 3 is 1.63 bits per heavy atom. The molecule has 1 atom stereocenters. The monoisotopic (exact) mass is 618 g/mol. The van der Waals surface area contributed by atoms with E-state index >= 15 is 0 Å². The summed E-state index contributed by atoms with van der Waals surface area (Å²) in [4.78, 5) is 17.4. The Morgan fingerprint density at radius 2 is 1.16 bits per heavy atom. The van der Waals surface area contributed by atoms with E-state index in [2.05, 4.69) is 4.90 Å². The van der Waals surface area contributed by atoms with Crippen LogP contribution in [0, 0.1) is 0 Å². The summed E-state index contributed by atoms with van der Waals surface area (Å²) in [5.41, 5.74) is -0.673. The van der Waals surface area contributed by atoms with Gasteiger partial charge in [0.1, 0.15) is 0 Å². The van der Waals surface area contributed by atoms with Gasteiger partial charge in [-0.1, -0.05) is 91.0 Å². The summed E-state index contributed by atoms with van der Waals surface area (Å²) < 4.78 is 81.4. The Hall–Kier alpha value is -3.82. The van der Waals surface area contributed by atoms with Crippen molar-refractivity contribution in [3.05, 3.63) is 143 Å². The lowest BCUT2D eigenvalue weighted by Crippen LogP contribution is -2.56. The lowest BCUT2D eigenvalue weighted by molar-refractivity contribution is -0.143. The second-order valence-electron chi connectivity index (χ2n) is 10.4.